The third kappa shape index (κ3) is 3.91. The zero-order valence-corrected chi connectivity index (χ0v) is 17.0. The first-order valence-corrected chi connectivity index (χ1v) is 10.7. The van der Waals surface area contributed by atoms with E-state index in [0.29, 0.717) is 27.7 Å². The van der Waals surface area contributed by atoms with Crippen LogP contribution >= 0.6 is 11.6 Å². The number of hydrogen-bond donors (Lipinski definition) is 1. The van der Waals surface area contributed by atoms with Gasteiger partial charge in [-0.2, -0.15) is 8.42 Å². The van der Waals surface area contributed by atoms with Gasteiger partial charge in [0.2, 0.25) is 0 Å². The minimum atomic E-state index is -4.34. The Hall–Kier alpha value is -3.26. The van der Waals surface area contributed by atoms with Crippen LogP contribution in [0.2, 0.25) is 5.02 Å². The van der Waals surface area contributed by atoms with Crippen LogP contribution in [0.4, 0.5) is 5.69 Å². The molecule has 1 aliphatic heterocycles. The number of hydrogen-bond acceptors (Lipinski definition) is 4. The van der Waals surface area contributed by atoms with Crippen molar-refractivity contribution >= 4 is 45.2 Å². The Kier molecular flexibility index (Phi) is 5.26. The van der Waals surface area contributed by atoms with Gasteiger partial charge in [-0.1, -0.05) is 60.1 Å². The number of rotatable bonds is 4. The lowest BCUT2D eigenvalue weighted by Gasteiger charge is -2.18. The second-order valence-corrected chi connectivity index (χ2v) is 8.29. The Morgan fingerprint density at radius 2 is 1.53 bits per heavy atom. The Balaban J connectivity index is 1.82. The van der Waals surface area contributed by atoms with Crippen LogP contribution in [0.25, 0.3) is 6.08 Å². The van der Waals surface area contributed by atoms with Crippen LogP contribution in [-0.2, 0) is 14.9 Å². The number of anilines is 1. The molecule has 0 atom stereocenters. The highest BCUT2D eigenvalue weighted by Crippen LogP contribution is 2.29. The van der Waals surface area contributed by atoms with Crippen LogP contribution in [0.15, 0.2) is 94.4 Å². The molecule has 6 nitrogen and oxygen atoms in total. The van der Waals surface area contributed by atoms with Crippen molar-refractivity contribution in [3.8, 4) is 0 Å². The van der Waals surface area contributed by atoms with Crippen molar-refractivity contribution in [3.63, 3.8) is 0 Å². The summed E-state index contributed by atoms with van der Waals surface area (Å²) in [6.45, 7) is 0. The van der Waals surface area contributed by atoms with Crippen molar-refractivity contribution in [2.24, 2.45) is 4.99 Å². The predicted octanol–water partition coefficient (Wildman–Crippen LogP) is 4.42. The largest absolute Gasteiger partial charge is 0.294 e. The third-order valence-corrected chi connectivity index (χ3v) is 5.69. The summed E-state index contributed by atoms with van der Waals surface area (Å²) in [5, 5.41) is 0.491. The van der Waals surface area contributed by atoms with Crippen molar-refractivity contribution in [2.45, 2.75) is 4.90 Å². The van der Waals surface area contributed by atoms with E-state index in [2.05, 4.69) is 4.99 Å². The highest BCUT2D eigenvalue weighted by molar-refractivity contribution is 7.85. The number of amidine groups is 1. The first-order valence-electron chi connectivity index (χ1n) is 8.87. The molecule has 0 unspecified atom stereocenters. The fourth-order valence-corrected chi connectivity index (χ4v) is 3.71. The number of benzene rings is 3. The SMILES string of the molecule is O=C1C(=Cc2ccccc2Cl)N=C(c2ccccc2)N1c1ccc(S(=O)(=O)O)cc1. The van der Waals surface area contributed by atoms with Crippen molar-refractivity contribution in [3.05, 3.63) is 101 Å². The lowest BCUT2D eigenvalue weighted by molar-refractivity contribution is -0.113. The molecular weight excluding hydrogens is 424 g/mol. The molecule has 0 bridgehead atoms. The van der Waals surface area contributed by atoms with Crippen LogP contribution in [0.5, 0.6) is 0 Å². The summed E-state index contributed by atoms with van der Waals surface area (Å²) in [4.78, 5) is 18.9. The minimum absolute atomic E-state index is 0.195. The van der Waals surface area contributed by atoms with Gasteiger partial charge in [0.25, 0.3) is 16.0 Å². The summed E-state index contributed by atoms with van der Waals surface area (Å²) in [5.41, 5.74) is 1.98. The molecule has 8 heteroatoms. The van der Waals surface area contributed by atoms with Gasteiger partial charge in [0, 0.05) is 10.6 Å². The van der Waals surface area contributed by atoms with E-state index in [1.165, 1.54) is 29.2 Å². The van der Waals surface area contributed by atoms with E-state index in [-0.39, 0.29) is 16.5 Å². The van der Waals surface area contributed by atoms with Gasteiger partial charge in [0.05, 0.1) is 10.6 Å². The average Bonchev–Trinajstić information content (AvgIpc) is 3.06. The number of nitrogens with zero attached hydrogens (tertiary/aromatic N) is 2. The smallest absolute Gasteiger partial charge is 0.282 e. The van der Waals surface area contributed by atoms with Crippen LogP contribution in [0.1, 0.15) is 11.1 Å². The molecule has 30 heavy (non-hydrogen) atoms. The molecule has 1 heterocycles. The highest BCUT2D eigenvalue weighted by atomic mass is 35.5. The fourth-order valence-electron chi connectivity index (χ4n) is 3.04. The van der Waals surface area contributed by atoms with Crippen molar-refractivity contribution in [2.75, 3.05) is 4.90 Å². The molecule has 0 spiro atoms. The second-order valence-electron chi connectivity index (χ2n) is 6.46. The molecule has 1 aliphatic rings. The fraction of sp³-hybridized carbons (Fsp3) is 0. The molecule has 0 fully saturated rings. The van der Waals surface area contributed by atoms with Crippen LogP contribution in [0, 0.1) is 0 Å². The minimum Gasteiger partial charge on any atom is -0.282 e. The molecule has 4 rings (SSSR count). The molecule has 0 saturated heterocycles. The maximum absolute atomic E-state index is 13.2. The van der Waals surface area contributed by atoms with Gasteiger partial charge >= 0.3 is 0 Å². The third-order valence-electron chi connectivity index (χ3n) is 4.48. The number of halogens is 1. The molecule has 0 aromatic heterocycles. The van der Waals surface area contributed by atoms with E-state index >= 15 is 0 Å². The molecule has 1 N–H and O–H groups in total. The van der Waals surface area contributed by atoms with Crippen LogP contribution in [0.3, 0.4) is 0 Å². The topological polar surface area (TPSA) is 87.0 Å². The van der Waals surface area contributed by atoms with Gasteiger partial charge in [0.15, 0.2) is 0 Å². The maximum Gasteiger partial charge on any atom is 0.294 e. The molecular formula is C22H15ClN2O4S. The first-order chi connectivity index (χ1) is 14.3. The van der Waals surface area contributed by atoms with Crippen molar-refractivity contribution < 1.29 is 17.8 Å². The molecule has 3 aromatic carbocycles. The number of amides is 1. The summed E-state index contributed by atoms with van der Waals surface area (Å²) < 4.78 is 31.9. The lowest BCUT2D eigenvalue weighted by atomic mass is 10.1. The van der Waals surface area contributed by atoms with Gasteiger partial charge in [0.1, 0.15) is 11.5 Å². The molecule has 0 radical (unpaired) electrons. The summed E-state index contributed by atoms with van der Waals surface area (Å²) in [6, 6.07) is 21.6. The maximum atomic E-state index is 13.2. The molecule has 150 valence electrons. The molecule has 0 aliphatic carbocycles. The van der Waals surface area contributed by atoms with E-state index in [1.807, 2.05) is 36.4 Å². The average molecular weight is 439 g/mol. The number of carbonyl (C=O) groups excluding carboxylic acids is 1. The predicted molar refractivity (Wildman–Crippen MR) is 116 cm³/mol. The number of carbonyl (C=O) groups is 1. The summed E-state index contributed by atoms with van der Waals surface area (Å²) in [5.74, 6) is 0.0203. The zero-order valence-electron chi connectivity index (χ0n) is 15.4. The van der Waals surface area contributed by atoms with E-state index in [4.69, 9.17) is 11.6 Å². The van der Waals surface area contributed by atoms with Gasteiger partial charge in [-0.3, -0.25) is 14.2 Å². The second kappa shape index (κ2) is 7.87. The normalized spacial score (nSPS) is 15.5. The van der Waals surface area contributed by atoms with Crippen molar-refractivity contribution in [1.82, 2.24) is 0 Å². The standard InChI is InChI=1S/C22H15ClN2O4S/c23-19-9-5-4-8-16(19)14-20-22(26)25(21(24-20)15-6-2-1-3-7-15)17-10-12-18(13-11-17)30(27,28)29/h1-14H,(H,27,28,29). The van der Waals surface area contributed by atoms with Gasteiger partial charge < -0.3 is 0 Å². The van der Waals surface area contributed by atoms with Gasteiger partial charge in [-0.05, 0) is 42.0 Å². The first kappa shape index (κ1) is 20.0. The Bertz CT molecular complexity index is 1280. The van der Waals surface area contributed by atoms with Crippen LogP contribution in [-0.4, -0.2) is 24.7 Å². The molecule has 0 saturated carbocycles. The van der Waals surface area contributed by atoms with E-state index in [1.54, 1.807) is 24.3 Å². The Morgan fingerprint density at radius 1 is 0.900 bits per heavy atom. The quantitative estimate of drug-likeness (QED) is 0.482. The summed E-state index contributed by atoms with van der Waals surface area (Å²) in [7, 11) is -4.34. The van der Waals surface area contributed by atoms with Crippen LogP contribution < -0.4 is 4.90 Å². The molecule has 1 amide bonds. The van der Waals surface area contributed by atoms with E-state index in [9.17, 15) is 17.8 Å². The zero-order chi connectivity index (χ0) is 21.3. The monoisotopic (exact) mass is 438 g/mol. The highest BCUT2D eigenvalue weighted by Gasteiger charge is 2.32. The van der Waals surface area contributed by atoms with Gasteiger partial charge in [-0.25, -0.2) is 4.99 Å². The lowest BCUT2D eigenvalue weighted by Crippen LogP contribution is -2.32. The Labute approximate surface area is 178 Å². The van der Waals surface area contributed by atoms with Crippen molar-refractivity contribution in [1.29, 1.82) is 0 Å². The van der Waals surface area contributed by atoms with Gasteiger partial charge in [-0.15, -0.1) is 0 Å². The number of aliphatic imine (C=N–C) groups is 1. The summed E-state index contributed by atoms with van der Waals surface area (Å²) >= 11 is 6.22. The Morgan fingerprint density at radius 3 is 2.17 bits per heavy atom. The van der Waals surface area contributed by atoms with E-state index < -0.39 is 10.1 Å². The summed E-state index contributed by atoms with van der Waals surface area (Å²) in [6.07, 6.45) is 1.61. The molecule has 3 aromatic rings. The van der Waals surface area contributed by atoms with E-state index in [0.717, 1.165) is 0 Å².